The first-order valence-corrected chi connectivity index (χ1v) is 10.8. The molecular formula is C14H16N6O11S2. The molecule has 1 aromatic rings. The average molecular weight is 508 g/mol. The van der Waals surface area contributed by atoms with Crippen LogP contribution in [0.2, 0.25) is 0 Å². The van der Waals surface area contributed by atoms with Crippen LogP contribution in [0.25, 0.3) is 0 Å². The number of hydrogen-bond acceptors (Lipinski definition) is 13. The molecule has 0 spiro atoms. The summed E-state index contributed by atoms with van der Waals surface area (Å²) in [7, 11) is -5.07. The Bertz CT molecular complexity index is 1090. The Morgan fingerprint density at radius 3 is 2.64 bits per heavy atom. The van der Waals surface area contributed by atoms with Gasteiger partial charge in [0, 0.05) is 5.38 Å². The maximum Gasteiger partial charge on any atom is 0.362 e. The number of hydrogen-bond donors (Lipinski definition) is 5. The highest BCUT2D eigenvalue weighted by Gasteiger charge is 2.54. The Balaban J connectivity index is 2.21. The first kappa shape index (κ1) is 25.4. The lowest BCUT2D eigenvalue weighted by Gasteiger charge is -2.43. The summed E-state index contributed by atoms with van der Waals surface area (Å²) < 4.78 is 36.9. The first-order chi connectivity index (χ1) is 15.5. The van der Waals surface area contributed by atoms with Gasteiger partial charge in [0.05, 0.1) is 0 Å². The molecule has 0 aliphatic carbocycles. The molecule has 180 valence electrons. The maximum absolute atomic E-state index is 12.7. The van der Waals surface area contributed by atoms with Crippen LogP contribution in [0.4, 0.5) is 5.13 Å². The summed E-state index contributed by atoms with van der Waals surface area (Å²) in [5, 5.41) is 17.5. The van der Waals surface area contributed by atoms with Crippen molar-refractivity contribution in [2.75, 3.05) is 25.5 Å². The normalized spacial score (nSPS) is 18.2. The third-order valence-corrected chi connectivity index (χ3v) is 5.39. The summed E-state index contributed by atoms with van der Waals surface area (Å²) in [6.07, 6.45) is 0.208. The van der Waals surface area contributed by atoms with Crippen molar-refractivity contribution in [1.29, 1.82) is 0 Å². The Kier molecular flexibility index (Phi) is 8.21. The molecule has 0 bridgehead atoms. The molecule has 19 heteroatoms. The number of carbonyl (C=O) groups excluding carboxylic acids is 4. The number of aliphatic carboxylic acids is 1. The van der Waals surface area contributed by atoms with Crippen molar-refractivity contribution in [3.8, 4) is 0 Å². The van der Waals surface area contributed by atoms with Crippen molar-refractivity contribution in [3.63, 3.8) is 0 Å². The largest absolute Gasteiger partial charge is 0.479 e. The fraction of sp³-hybridized carbons (Fsp3) is 0.357. The summed E-state index contributed by atoms with van der Waals surface area (Å²) in [4.78, 5) is 65.6. The number of carbonyl (C=O) groups is 5. The second kappa shape index (κ2) is 10.7. The van der Waals surface area contributed by atoms with E-state index in [1.807, 2.05) is 5.32 Å². The number of anilines is 1. The monoisotopic (exact) mass is 508 g/mol. The Hall–Kier alpha value is -3.84. The van der Waals surface area contributed by atoms with Crippen LogP contribution in [0.15, 0.2) is 10.5 Å². The number of β-lactam (4-membered cyclic amide) rings is 1. The van der Waals surface area contributed by atoms with E-state index in [9.17, 15) is 36.9 Å². The standard InChI is InChI=1S/C14H16N6O11S2/c15-14-17-6(4-32-14)10(19-31-3-8(22)23)12(25)18-11-7(2-30-9(24)1-16-5-21)20(13(11)26)33(27,28)29/h4-5,7,11H,1-3H2,(H2,15,17)(H,16,21)(H,18,25)(H,22,23)(H,27,28,29)/b19-10-. The van der Waals surface area contributed by atoms with Crippen LogP contribution in [0.1, 0.15) is 5.69 Å². The lowest BCUT2D eigenvalue weighted by atomic mass is 9.99. The highest BCUT2D eigenvalue weighted by atomic mass is 32.2. The van der Waals surface area contributed by atoms with Gasteiger partial charge in [0.1, 0.15) is 30.9 Å². The summed E-state index contributed by atoms with van der Waals surface area (Å²) >= 11 is 0.909. The van der Waals surface area contributed by atoms with Crippen molar-refractivity contribution in [1.82, 2.24) is 19.9 Å². The number of nitrogens with one attached hydrogen (secondary N) is 2. The van der Waals surface area contributed by atoms with Gasteiger partial charge >= 0.3 is 22.2 Å². The number of esters is 1. The van der Waals surface area contributed by atoms with Gasteiger partial charge in [-0.1, -0.05) is 5.16 Å². The average Bonchev–Trinajstić information content (AvgIpc) is 3.14. The van der Waals surface area contributed by atoms with Gasteiger partial charge in [-0.25, -0.2) is 14.1 Å². The zero-order chi connectivity index (χ0) is 24.8. The molecule has 2 heterocycles. The second-order valence-corrected chi connectivity index (χ2v) is 8.17. The zero-order valence-corrected chi connectivity index (χ0v) is 17.9. The molecule has 1 aliphatic heterocycles. The number of ether oxygens (including phenoxy) is 1. The summed E-state index contributed by atoms with van der Waals surface area (Å²) in [5.41, 5.74) is 4.77. The van der Waals surface area contributed by atoms with Gasteiger partial charge in [0.15, 0.2) is 10.8 Å². The number of carboxylic acids is 1. The molecule has 2 unspecified atom stereocenters. The molecular weight excluding hydrogens is 492 g/mol. The smallest absolute Gasteiger partial charge is 0.362 e. The van der Waals surface area contributed by atoms with Gasteiger partial charge in [0.2, 0.25) is 13.0 Å². The van der Waals surface area contributed by atoms with Crippen LogP contribution in [0, 0.1) is 0 Å². The number of aromatic nitrogens is 1. The van der Waals surface area contributed by atoms with E-state index in [0.717, 1.165) is 11.3 Å². The van der Waals surface area contributed by atoms with Crippen LogP contribution in [0.3, 0.4) is 0 Å². The highest BCUT2D eigenvalue weighted by molar-refractivity contribution is 7.84. The zero-order valence-electron chi connectivity index (χ0n) is 16.2. The molecule has 0 aromatic carbocycles. The molecule has 17 nitrogen and oxygen atoms in total. The first-order valence-electron chi connectivity index (χ1n) is 8.53. The minimum Gasteiger partial charge on any atom is -0.479 e. The summed E-state index contributed by atoms with van der Waals surface area (Å²) in [6, 6.07) is -3.15. The fourth-order valence-electron chi connectivity index (χ4n) is 2.44. The van der Waals surface area contributed by atoms with E-state index < -0.39 is 71.6 Å². The van der Waals surface area contributed by atoms with Gasteiger partial charge in [-0.05, 0) is 0 Å². The summed E-state index contributed by atoms with van der Waals surface area (Å²) in [6.45, 7) is -2.25. The second-order valence-electron chi connectivity index (χ2n) is 5.99. The highest BCUT2D eigenvalue weighted by Crippen LogP contribution is 2.24. The summed E-state index contributed by atoms with van der Waals surface area (Å²) in [5.74, 6) is -4.80. The van der Waals surface area contributed by atoms with Gasteiger partial charge in [-0.15, -0.1) is 11.3 Å². The van der Waals surface area contributed by atoms with Crippen LogP contribution in [-0.2, 0) is 43.9 Å². The number of nitrogen functional groups attached to an aromatic ring is 1. The number of oxime groups is 1. The Morgan fingerprint density at radius 1 is 1.39 bits per heavy atom. The fourth-order valence-corrected chi connectivity index (χ4v) is 3.86. The molecule has 6 N–H and O–H groups in total. The molecule has 2 atom stereocenters. The van der Waals surface area contributed by atoms with E-state index in [2.05, 4.69) is 20.3 Å². The maximum atomic E-state index is 12.7. The van der Waals surface area contributed by atoms with Crippen molar-refractivity contribution in [2.24, 2.45) is 5.16 Å². The molecule has 33 heavy (non-hydrogen) atoms. The topological polar surface area (TPSA) is 257 Å². The van der Waals surface area contributed by atoms with E-state index in [1.54, 1.807) is 0 Å². The van der Waals surface area contributed by atoms with Crippen molar-refractivity contribution >= 4 is 62.6 Å². The van der Waals surface area contributed by atoms with E-state index >= 15 is 0 Å². The predicted molar refractivity (Wildman–Crippen MR) is 106 cm³/mol. The quantitative estimate of drug-likeness (QED) is 0.0455. The molecule has 0 radical (unpaired) electrons. The Morgan fingerprint density at radius 2 is 2.09 bits per heavy atom. The Labute approximate surface area is 188 Å². The van der Waals surface area contributed by atoms with Crippen molar-refractivity contribution in [2.45, 2.75) is 12.1 Å². The predicted octanol–water partition coefficient (Wildman–Crippen LogP) is -3.68. The van der Waals surface area contributed by atoms with Crippen molar-refractivity contribution < 1.29 is 51.6 Å². The number of thiazole rings is 1. The van der Waals surface area contributed by atoms with E-state index in [-0.39, 0.29) is 21.5 Å². The molecule has 0 saturated carbocycles. The molecule has 1 saturated heterocycles. The molecule has 1 aromatic heterocycles. The molecule has 2 rings (SSSR count). The van der Waals surface area contributed by atoms with E-state index in [0.29, 0.717) is 0 Å². The van der Waals surface area contributed by atoms with Gasteiger partial charge < -0.3 is 31.0 Å². The minimum atomic E-state index is -5.07. The number of amides is 3. The number of nitrogens with zero attached hydrogens (tertiary/aromatic N) is 3. The molecule has 3 amide bonds. The van der Waals surface area contributed by atoms with E-state index in [4.69, 9.17) is 15.6 Å². The molecule has 1 fully saturated rings. The third-order valence-electron chi connectivity index (χ3n) is 3.77. The van der Waals surface area contributed by atoms with E-state index in [1.165, 1.54) is 5.38 Å². The van der Waals surface area contributed by atoms with Crippen LogP contribution in [-0.4, -0.2) is 95.1 Å². The number of nitrogens with two attached hydrogens (primary N) is 1. The van der Waals surface area contributed by atoms with Gasteiger partial charge in [-0.3, -0.25) is 23.7 Å². The third kappa shape index (κ3) is 6.57. The van der Waals surface area contributed by atoms with Gasteiger partial charge in [-0.2, -0.15) is 8.42 Å². The minimum absolute atomic E-state index is 0.0169. The lowest BCUT2D eigenvalue weighted by molar-refractivity contribution is -0.155. The molecule has 1 aliphatic rings. The lowest BCUT2D eigenvalue weighted by Crippen LogP contribution is -2.73. The van der Waals surface area contributed by atoms with Gasteiger partial charge in [0.25, 0.3) is 11.8 Å². The van der Waals surface area contributed by atoms with Crippen molar-refractivity contribution in [3.05, 3.63) is 11.1 Å². The van der Waals surface area contributed by atoms with Crippen LogP contribution < -0.4 is 16.4 Å². The van der Waals surface area contributed by atoms with Crippen LogP contribution >= 0.6 is 11.3 Å². The van der Waals surface area contributed by atoms with Crippen LogP contribution in [0.5, 0.6) is 0 Å². The SMILES string of the molecule is Nc1nc(/C(=N/OCC(=O)O)C(=O)NC2C(=O)N(S(=O)(=O)O)C2COC(=O)CNC=O)cs1. The number of carboxylic acid groups (broad SMARTS) is 1. The number of rotatable bonds is 12.